The summed E-state index contributed by atoms with van der Waals surface area (Å²) in [6, 6.07) is 20.1. The highest BCUT2D eigenvalue weighted by molar-refractivity contribution is 7.80. The van der Waals surface area contributed by atoms with Gasteiger partial charge in [0.2, 0.25) is 11.8 Å². The number of carbonyl (C=O) groups excluding carboxylic acids is 1. The van der Waals surface area contributed by atoms with Gasteiger partial charge in [-0.2, -0.15) is 0 Å². The number of benzene rings is 3. The minimum atomic E-state index is -0.217. The van der Waals surface area contributed by atoms with Gasteiger partial charge >= 0.3 is 0 Å². The Morgan fingerprint density at radius 3 is 2.56 bits per heavy atom. The third-order valence-electron chi connectivity index (χ3n) is 4.59. The molecule has 0 unspecified atom stereocenters. The van der Waals surface area contributed by atoms with Gasteiger partial charge in [-0.1, -0.05) is 23.7 Å². The number of hydrogen-bond donors (Lipinski definition) is 2. The first-order chi connectivity index (χ1) is 15.5. The molecule has 0 radical (unpaired) electrons. The number of rotatable bonds is 6. The van der Waals surface area contributed by atoms with E-state index < -0.39 is 0 Å². The molecular weight excluding hydrogens is 446 g/mol. The van der Waals surface area contributed by atoms with E-state index >= 15 is 0 Å². The summed E-state index contributed by atoms with van der Waals surface area (Å²) >= 11 is 11.1. The zero-order valence-electron chi connectivity index (χ0n) is 17.2. The molecule has 4 rings (SSSR count). The van der Waals surface area contributed by atoms with Gasteiger partial charge in [-0.3, -0.25) is 4.79 Å². The molecule has 0 saturated carbocycles. The Bertz CT molecular complexity index is 1250. The van der Waals surface area contributed by atoms with Gasteiger partial charge < -0.3 is 19.8 Å². The third kappa shape index (κ3) is 5.43. The molecular formula is C24H20ClN3O3S. The molecule has 8 heteroatoms. The van der Waals surface area contributed by atoms with Crippen molar-refractivity contribution in [2.75, 3.05) is 11.9 Å². The topological polar surface area (TPSA) is 76.4 Å². The van der Waals surface area contributed by atoms with Crippen molar-refractivity contribution in [2.45, 2.75) is 13.3 Å². The van der Waals surface area contributed by atoms with Crippen molar-refractivity contribution in [3.8, 4) is 17.2 Å². The van der Waals surface area contributed by atoms with Gasteiger partial charge in [0, 0.05) is 16.3 Å². The summed E-state index contributed by atoms with van der Waals surface area (Å²) in [6.07, 6.45) is 0.201. The summed E-state index contributed by atoms with van der Waals surface area (Å²) in [7, 11) is 0. The lowest BCUT2D eigenvalue weighted by molar-refractivity contribution is -0.119. The molecule has 0 fully saturated rings. The highest BCUT2D eigenvalue weighted by Gasteiger charge is 2.11. The summed E-state index contributed by atoms with van der Waals surface area (Å²) in [5, 5.41) is 6.52. The summed E-state index contributed by atoms with van der Waals surface area (Å²) < 4.78 is 11.3. The first-order valence-corrected chi connectivity index (χ1v) is 10.8. The van der Waals surface area contributed by atoms with E-state index in [-0.39, 0.29) is 17.4 Å². The number of fused-ring (bicyclic) bond motifs is 1. The summed E-state index contributed by atoms with van der Waals surface area (Å²) in [5.41, 5.74) is 3.72. The highest BCUT2D eigenvalue weighted by atomic mass is 35.5. The first-order valence-electron chi connectivity index (χ1n) is 9.99. The van der Waals surface area contributed by atoms with Crippen molar-refractivity contribution < 1.29 is 13.9 Å². The van der Waals surface area contributed by atoms with E-state index in [1.54, 1.807) is 30.3 Å². The fraction of sp³-hybridized carbons (Fsp3) is 0.125. The SMILES string of the molecule is CCOc1ccc(-c2nc3cc(NC(=S)NC(=O)Cc4ccc(Cl)cc4)ccc3o2)cc1. The summed E-state index contributed by atoms with van der Waals surface area (Å²) in [5.74, 6) is 1.09. The van der Waals surface area contributed by atoms with Gasteiger partial charge in [-0.15, -0.1) is 0 Å². The normalized spacial score (nSPS) is 10.7. The van der Waals surface area contributed by atoms with Crippen LogP contribution in [0.1, 0.15) is 12.5 Å². The van der Waals surface area contributed by atoms with Crippen LogP contribution in [-0.4, -0.2) is 22.6 Å². The zero-order valence-corrected chi connectivity index (χ0v) is 18.8. The van der Waals surface area contributed by atoms with Crippen molar-refractivity contribution in [1.82, 2.24) is 10.3 Å². The lowest BCUT2D eigenvalue weighted by Crippen LogP contribution is -2.35. The molecule has 1 amide bonds. The molecule has 162 valence electrons. The number of hydrogen-bond acceptors (Lipinski definition) is 5. The van der Waals surface area contributed by atoms with E-state index in [1.165, 1.54) is 0 Å². The number of amides is 1. The monoisotopic (exact) mass is 465 g/mol. The van der Waals surface area contributed by atoms with Crippen LogP contribution in [-0.2, 0) is 11.2 Å². The Balaban J connectivity index is 1.40. The number of oxazole rings is 1. The van der Waals surface area contributed by atoms with Crippen LogP contribution >= 0.6 is 23.8 Å². The second kappa shape index (κ2) is 9.80. The quantitative estimate of drug-likeness (QED) is 0.361. The fourth-order valence-electron chi connectivity index (χ4n) is 3.11. The Kier molecular flexibility index (Phi) is 6.68. The lowest BCUT2D eigenvalue weighted by atomic mass is 10.1. The van der Waals surface area contributed by atoms with Crippen LogP contribution in [0, 0.1) is 0 Å². The molecule has 0 atom stereocenters. The molecule has 32 heavy (non-hydrogen) atoms. The number of nitrogens with zero attached hydrogens (tertiary/aromatic N) is 1. The largest absolute Gasteiger partial charge is 0.494 e. The number of ether oxygens (including phenoxy) is 1. The van der Waals surface area contributed by atoms with Crippen LogP contribution in [0.5, 0.6) is 5.75 Å². The van der Waals surface area contributed by atoms with Crippen LogP contribution < -0.4 is 15.4 Å². The molecule has 1 heterocycles. The molecule has 0 aliphatic carbocycles. The minimum absolute atomic E-state index is 0.201. The standard InChI is InChI=1S/C24H20ClN3O3S/c1-2-30-19-10-5-16(6-11-19)23-27-20-14-18(9-12-21(20)31-23)26-24(32)28-22(29)13-15-3-7-17(25)8-4-15/h3-12,14H,2,13H2,1H3,(H2,26,28,29,32). The van der Waals surface area contributed by atoms with Crippen LogP contribution in [0.15, 0.2) is 71.1 Å². The Morgan fingerprint density at radius 1 is 1.09 bits per heavy atom. The predicted octanol–water partition coefficient (Wildman–Crippen LogP) is 5.60. The van der Waals surface area contributed by atoms with Gasteiger partial charge in [-0.25, -0.2) is 4.98 Å². The van der Waals surface area contributed by atoms with E-state index in [2.05, 4.69) is 15.6 Å². The minimum Gasteiger partial charge on any atom is -0.494 e. The number of nitrogens with one attached hydrogen (secondary N) is 2. The second-order valence-electron chi connectivity index (χ2n) is 6.96. The number of halogens is 1. The van der Waals surface area contributed by atoms with E-state index in [0.29, 0.717) is 34.3 Å². The van der Waals surface area contributed by atoms with Crippen molar-refractivity contribution >= 4 is 51.6 Å². The maximum absolute atomic E-state index is 12.2. The average Bonchev–Trinajstić information content (AvgIpc) is 3.19. The van der Waals surface area contributed by atoms with Crippen LogP contribution in [0.3, 0.4) is 0 Å². The summed E-state index contributed by atoms with van der Waals surface area (Å²) in [4.78, 5) is 16.8. The first kappa shape index (κ1) is 21.8. The maximum Gasteiger partial charge on any atom is 0.230 e. The Morgan fingerprint density at radius 2 is 1.84 bits per heavy atom. The van der Waals surface area contributed by atoms with Crippen molar-refractivity contribution in [1.29, 1.82) is 0 Å². The average molecular weight is 466 g/mol. The van der Waals surface area contributed by atoms with Gasteiger partial charge in [-0.05, 0) is 79.3 Å². The van der Waals surface area contributed by atoms with Crippen LogP contribution in [0.2, 0.25) is 5.02 Å². The Labute approximate surface area is 195 Å². The van der Waals surface area contributed by atoms with Crippen LogP contribution in [0.4, 0.5) is 5.69 Å². The fourth-order valence-corrected chi connectivity index (χ4v) is 3.47. The molecule has 2 N–H and O–H groups in total. The van der Waals surface area contributed by atoms with Crippen molar-refractivity contribution in [2.24, 2.45) is 0 Å². The highest BCUT2D eigenvalue weighted by Crippen LogP contribution is 2.27. The molecule has 0 aliphatic heterocycles. The smallest absolute Gasteiger partial charge is 0.230 e. The van der Waals surface area contributed by atoms with Crippen LogP contribution in [0.25, 0.3) is 22.6 Å². The van der Waals surface area contributed by atoms with Crippen molar-refractivity contribution in [3.63, 3.8) is 0 Å². The predicted molar refractivity (Wildman–Crippen MR) is 130 cm³/mol. The molecule has 4 aromatic rings. The third-order valence-corrected chi connectivity index (χ3v) is 5.04. The van der Waals surface area contributed by atoms with Crippen molar-refractivity contribution in [3.05, 3.63) is 77.3 Å². The molecule has 3 aromatic carbocycles. The van der Waals surface area contributed by atoms with E-state index in [9.17, 15) is 4.79 Å². The van der Waals surface area contributed by atoms with Gasteiger partial charge in [0.1, 0.15) is 11.3 Å². The summed E-state index contributed by atoms with van der Waals surface area (Å²) in [6.45, 7) is 2.55. The number of anilines is 1. The zero-order chi connectivity index (χ0) is 22.5. The van der Waals surface area contributed by atoms with Gasteiger partial charge in [0.05, 0.1) is 13.0 Å². The molecule has 0 aliphatic rings. The molecule has 0 spiro atoms. The maximum atomic E-state index is 12.2. The number of carbonyl (C=O) groups is 1. The molecule has 6 nitrogen and oxygen atoms in total. The van der Waals surface area contributed by atoms with E-state index in [4.69, 9.17) is 33.0 Å². The number of aromatic nitrogens is 1. The lowest BCUT2D eigenvalue weighted by Gasteiger charge is -2.09. The second-order valence-corrected chi connectivity index (χ2v) is 7.81. The number of thiocarbonyl (C=S) groups is 1. The van der Waals surface area contributed by atoms with Gasteiger partial charge in [0.15, 0.2) is 10.7 Å². The van der Waals surface area contributed by atoms with Gasteiger partial charge in [0.25, 0.3) is 0 Å². The Hall–Kier alpha value is -3.42. The molecule has 0 bridgehead atoms. The molecule has 0 saturated heterocycles. The van der Waals surface area contributed by atoms with E-state index in [1.807, 2.05) is 43.3 Å². The van der Waals surface area contributed by atoms with E-state index in [0.717, 1.165) is 16.9 Å². The molecule has 1 aromatic heterocycles.